The number of nitrogens with two attached hydrogens (primary N) is 2. The summed E-state index contributed by atoms with van der Waals surface area (Å²) in [5.41, 5.74) is 11.8. The Balaban J connectivity index is 2.07. The highest BCUT2D eigenvalue weighted by Crippen LogP contribution is 2.31. The normalized spacial score (nSPS) is 30.1. The molecule has 4 atom stereocenters. The molecule has 0 aliphatic carbocycles. The lowest BCUT2D eigenvalue weighted by atomic mass is 10.1. The number of rotatable bonds is 2. The van der Waals surface area contributed by atoms with Crippen molar-refractivity contribution in [1.82, 2.24) is 19.5 Å². The van der Waals surface area contributed by atoms with E-state index >= 15 is 0 Å². The van der Waals surface area contributed by atoms with Gasteiger partial charge in [-0.15, -0.1) is 0 Å². The van der Waals surface area contributed by atoms with E-state index < -0.39 is 31.1 Å². The Labute approximate surface area is 112 Å². The fraction of sp³-hybridized carbons (Fsp3) is 0.500. The van der Waals surface area contributed by atoms with E-state index in [2.05, 4.69) is 15.0 Å². The minimum atomic E-state index is -1.23. The molecule has 1 aliphatic heterocycles. The van der Waals surface area contributed by atoms with Crippen molar-refractivity contribution in [3.05, 3.63) is 6.33 Å². The highest BCUT2D eigenvalue weighted by atomic mass is 16.6. The SMILES string of the molecule is Nc1nc(N)c2ncn([C@H]3O[C@@H](CO)[C@@H](O)[C@H]3O)c2n1. The van der Waals surface area contributed by atoms with Crippen molar-refractivity contribution in [2.45, 2.75) is 24.5 Å². The molecular formula is C10H14N6O4. The van der Waals surface area contributed by atoms with Crippen LogP contribution in [0.4, 0.5) is 11.8 Å². The molecule has 0 aromatic carbocycles. The molecule has 10 heteroatoms. The van der Waals surface area contributed by atoms with Crippen LogP contribution in [0.5, 0.6) is 0 Å². The van der Waals surface area contributed by atoms with E-state index in [9.17, 15) is 10.2 Å². The first kappa shape index (κ1) is 13.0. The third kappa shape index (κ3) is 1.78. The zero-order valence-electron chi connectivity index (χ0n) is 10.3. The average molecular weight is 282 g/mol. The maximum Gasteiger partial charge on any atom is 0.224 e. The van der Waals surface area contributed by atoms with Gasteiger partial charge in [0.05, 0.1) is 12.9 Å². The Hall–Kier alpha value is -2.01. The number of ether oxygens (including phenoxy) is 1. The molecule has 0 spiro atoms. The van der Waals surface area contributed by atoms with Crippen LogP contribution in [-0.4, -0.2) is 59.8 Å². The van der Waals surface area contributed by atoms with Gasteiger partial charge in [0.15, 0.2) is 17.7 Å². The number of anilines is 2. The lowest BCUT2D eigenvalue weighted by Gasteiger charge is -2.16. The van der Waals surface area contributed by atoms with Crippen LogP contribution in [0.25, 0.3) is 11.2 Å². The van der Waals surface area contributed by atoms with Crippen molar-refractivity contribution in [2.75, 3.05) is 18.1 Å². The summed E-state index contributed by atoms with van der Waals surface area (Å²) in [6.07, 6.45) is -2.92. The summed E-state index contributed by atoms with van der Waals surface area (Å²) >= 11 is 0. The molecular weight excluding hydrogens is 268 g/mol. The Bertz CT molecular complexity index is 646. The van der Waals surface area contributed by atoms with Gasteiger partial charge in [0, 0.05) is 0 Å². The molecule has 3 heterocycles. The van der Waals surface area contributed by atoms with Gasteiger partial charge in [0.1, 0.15) is 23.8 Å². The van der Waals surface area contributed by atoms with Gasteiger partial charge in [-0.1, -0.05) is 0 Å². The number of imidazole rings is 1. The molecule has 20 heavy (non-hydrogen) atoms. The van der Waals surface area contributed by atoms with Gasteiger partial charge in [-0.3, -0.25) is 4.57 Å². The second kappa shape index (κ2) is 4.52. The van der Waals surface area contributed by atoms with Gasteiger partial charge in [-0.25, -0.2) is 4.98 Å². The fourth-order valence-electron chi connectivity index (χ4n) is 2.25. The highest BCUT2D eigenvalue weighted by molar-refractivity contribution is 5.82. The first-order valence-corrected chi connectivity index (χ1v) is 5.91. The molecule has 10 nitrogen and oxygen atoms in total. The van der Waals surface area contributed by atoms with Gasteiger partial charge in [0.25, 0.3) is 0 Å². The van der Waals surface area contributed by atoms with Crippen LogP contribution in [-0.2, 0) is 4.74 Å². The smallest absolute Gasteiger partial charge is 0.224 e. The van der Waals surface area contributed by atoms with Crippen LogP contribution in [0.3, 0.4) is 0 Å². The standard InChI is InChI=1S/C10H14N6O4/c11-7-4-8(15-10(12)14-7)16(2-13-4)9-6(19)5(18)3(1-17)20-9/h2-3,5-6,9,17-19H,1H2,(H4,11,12,14,15)/t3-,5+,6+,9-/m0/s1. The van der Waals surface area contributed by atoms with Crippen LogP contribution in [0, 0.1) is 0 Å². The second-order valence-electron chi connectivity index (χ2n) is 4.52. The van der Waals surface area contributed by atoms with Crippen LogP contribution in [0.15, 0.2) is 6.33 Å². The minimum Gasteiger partial charge on any atom is -0.394 e. The van der Waals surface area contributed by atoms with Crippen LogP contribution in [0.2, 0.25) is 0 Å². The zero-order valence-corrected chi connectivity index (χ0v) is 10.3. The van der Waals surface area contributed by atoms with Crippen LogP contribution < -0.4 is 11.5 Å². The van der Waals surface area contributed by atoms with Crippen molar-refractivity contribution >= 4 is 22.9 Å². The summed E-state index contributed by atoms with van der Waals surface area (Å²) in [5.74, 6) is 0.0708. The van der Waals surface area contributed by atoms with E-state index in [1.54, 1.807) is 0 Å². The number of hydrogen-bond acceptors (Lipinski definition) is 9. The van der Waals surface area contributed by atoms with Crippen molar-refractivity contribution < 1.29 is 20.1 Å². The van der Waals surface area contributed by atoms with E-state index in [4.69, 9.17) is 21.3 Å². The van der Waals surface area contributed by atoms with E-state index in [0.717, 1.165) is 0 Å². The second-order valence-corrected chi connectivity index (χ2v) is 4.52. The number of aromatic nitrogens is 4. The molecule has 3 rings (SSSR count). The topological polar surface area (TPSA) is 166 Å². The van der Waals surface area contributed by atoms with Crippen molar-refractivity contribution in [3.63, 3.8) is 0 Å². The maximum absolute atomic E-state index is 9.99. The first-order chi connectivity index (χ1) is 9.52. The van der Waals surface area contributed by atoms with E-state index in [-0.39, 0.29) is 17.4 Å². The summed E-state index contributed by atoms with van der Waals surface area (Å²) in [4.78, 5) is 11.8. The van der Waals surface area contributed by atoms with Gasteiger partial charge in [-0.2, -0.15) is 9.97 Å². The van der Waals surface area contributed by atoms with Crippen molar-refractivity contribution in [2.24, 2.45) is 0 Å². The predicted octanol–water partition coefficient (Wildman–Crippen LogP) is -2.40. The summed E-state index contributed by atoms with van der Waals surface area (Å²) in [5, 5.41) is 28.8. The molecule has 0 amide bonds. The summed E-state index contributed by atoms with van der Waals surface area (Å²) in [7, 11) is 0. The lowest BCUT2D eigenvalue weighted by molar-refractivity contribution is -0.0511. The average Bonchev–Trinajstić information content (AvgIpc) is 2.93. The van der Waals surface area contributed by atoms with Crippen molar-refractivity contribution in [1.29, 1.82) is 0 Å². The molecule has 7 N–H and O–H groups in total. The molecule has 108 valence electrons. The summed E-state index contributed by atoms with van der Waals surface area (Å²) < 4.78 is 6.79. The Morgan fingerprint density at radius 3 is 2.65 bits per heavy atom. The molecule has 0 bridgehead atoms. The molecule has 2 aromatic heterocycles. The number of nitrogen functional groups attached to an aromatic ring is 2. The molecule has 2 aromatic rings. The Kier molecular flexibility index (Phi) is 2.94. The van der Waals surface area contributed by atoms with Gasteiger partial charge in [0.2, 0.25) is 5.95 Å². The number of aliphatic hydroxyl groups is 3. The van der Waals surface area contributed by atoms with Gasteiger partial charge in [-0.05, 0) is 0 Å². The number of hydrogen-bond donors (Lipinski definition) is 5. The Morgan fingerprint density at radius 2 is 2.00 bits per heavy atom. The largest absolute Gasteiger partial charge is 0.394 e. The van der Waals surface area contributed by atoms with E-state index in [0.29, 0.717) is 5.52 Å². The molecule has 1 aliphatic rings. The van der Waals surface area contributed by atoms with E-state index in [1.165, 1.54) is 10.9 Å². The Morgan fingerprint density at radius 1 is 1.25 bits per heavy atom. The number of aliphatic hydroxyl groups excluding tert-OH is 3. The number of nitrogens with zero attached hydrogens (tertiary/aromatic N) is 4. The lowest BCUT2D eigenvalue weighted by Crippen LogP contribution is -2.33. The van der Waals surface area contributed by atoms with Crippen LogP contribution >= 0.6 is 0 Å². The van der Waals surface area contributed by atoms with Gasteiger partial charge >= 0.3 is 0 Å². The number of fused-ring (bicyclic) bond motifs is 1. The quantitative estimate of drug-likeness (QED) is 0.403. The molecule has 1 saturated heterocycles. The third-order valence-corrected chi connectivity index (χ3v) is 3.26. The third-order valence-electron chi connectivity index (χ3n) is 3.26. The van der Waals surface area contributed by atoms with Gasteiger partial charge < -0.3 is 31.5 Å². The van der Waals surface area contributed by atoms with E-state index in [1.807, 2.05) is 0 Å². The predicted molar refractivity (Wildman–Crippen MR) is 67.2 cm³/mol. The molecule has 0 saturated carbocycles. The highest BCUT2D eigenvalue weighted by Gasteiger charge is 2.44. The van der Waals surface area contributed by atoms with Crippen LogP contribution in [0.1, 0.15) is 6.23 Å². The molecule has 1 fully saturated rings. The molecule has 0 unspecified atom stereocenters. The minimum absolute atomic E-state index is 0.0384. The zero-order chi connectivity index (χ0) is 14.4. The van der Waals surface area contributed by atoms with Crippen molar-refractivity contribution in [3.8, 4) is 0 Å². The summed E-state index contributed by atoms with van der Waals surface area (Å²) in [6, 6.07) is 0. The first-order valence-electron chi connectivity index (χ1n) is 5.91. The maximum atomic E-state index is 9.99. The monoisotopic (exact) mass is 282 g/mol. The summed E-state index contributed by atoms with van der Waals surface area (Å²) in [6.45, 7) is -0.416. The fourth-order valence-corrected chi connectivity index (χ4v) is 2.25. The molecule has 0 radical (unpaired) electrons.